The van der Waals surface area contributed by atoms with Gasteiger partial charge < -0.3 is 0 Å². The summed E-state index contributed by atoms with van der Waals surface area (Å²) in [7, 11) is -1.29. The van der Waals surface area contributed by atoms with Gasteiger partial charge >= 0.3 is 79.8 Å². The quantitative estimate of drug-likeness (QED) is 0.680. The van der Waals surface area contributed by atoms with E-state index in [0.29, 0.717) is 6.10 Å². The molecule has 0 amide bonds. The van der Waals surface area contributed by atoms with Gasteiger partial charge in [-0.05, 0) is 0 Å². The molecule has 0 N–H and O–H groups in total. The van der Waals surface area contributed by atoms with Gasteiger partial charge in [0, 0.05) is 0 Å². The van der Waals surface area contributed by atoms with Crippen LogP contribution in [0.15, 0.2) is 0 Å². The van der Waals surface area contributed by atoms with Crippen LogP contribution < -0.4 is 0 Å². The Morgan fingerprint density at radius 3 is 1.90 bits per heavy atom. The SMILES string of the molecule is C[C](=[Zr+2])C(C)O[Si](C)(C)C. The van der Waals surface area contributed by atoms with Gasteiger partial charge in [-0.2, -0.15) is 0 Å². The molecule has 1 nitrogen and oxygen atoms in total. The molecule has 0 fully saturated rings. The van der Waals surface area contributed by atoms with Crippen molar-refractivity contribution in [3.63, 3.8) is 0 Å². The zero-order valence-electron chi connectivity index (χ0n) is 7.49. The zero-order chi connectivity index (χ0) is 8.36. The molecule has 0 aromatic carbocycles. The molecule has 0 aliphatic carbocycles. The van der Waals surface area contributed by atoms with Gasteiger partial charge in [0.2, 0.25) is 0 Å². The minimum absolute atomic E-state index is 0.380. The van der Waals surface area contributed by atoms with E-state index in [9.17, 15) is 0 Å². The van der Waals surface area contributed by atoms with Crippen molar-refractivity contribution in [1.82, 2.24) is 0 Å². The second kappa shape index (κ2) is 4.08. The molecule has 0 spiro atoms. The minimum atomic E-state index is -1.29. The van der Waals surface area contributed by atoms with Crippen molar-refractivity contribution in [1.29, 1.82) is 0 Å². The van der Waals surface area contributed by atoms with Gasteiger partial charge in [0.15, 0.2) is 0 Å². The fraction of sp³-hybridized carbons (Fsp3) is 0.857. The summed E-state index contributed by atoms with van der Waals surface area (Å²) in [6, 6.07) is 0. The first kappa shape index (κ1) is 10.9. The molecule has 0 aromatic heterocycles. The van der Waals surface area contributed by atoms with Crippen LogP contribution in [0.5, 0.6) is 0 Å². The van der Waals surface area contributed by atoms with Crippen molar-refractivity contribution in [2.24, 2.45) is 0 Å². The van der Waals surface area contributed by atoms with Gasteiger partial charge in [0.1, 0.15) is 0 Å². The third kappa shape index (κ3) is 5.70. The Kier molecular flexibility index (Phi) is 4.46. The Labute approximate surface area is 79.6 Å². The molecule has 0 aliphatic rings. The van der Waals surface area contributed by atoms with Crippen molar-refractivity contribution in [2.45, 2.75) is 39.6 Å². The van der Waals surface area contributed by atoms with Crippen LogP contribution in [0.2, 0.25) is 19.6 Å². The maximum atomic E-state index is 5.82. The fourth-order valence-electron chi connectivity index (χ4n) is 0.619. The van der Waals surface area contributed by atoms with Gasteiger partial charge in [0.25, 0.3) is 0 Å². The van der Waals surface area contributed by atoms with Crippen LogP contribution >= 0.6 is 0 Å². The van der Waals surface area contributed by atoms with Gasteiger partial charge in [-0.1, -0.05) is 0 Å². The van der Waals surface area contributed by atoms with E-state index in [2.05, 4.69) is 33.5 Å². The average molecular weight is 236 g/mol. The van der Waals surface area contributed by atoms with E-state index < -0.39 is 8.32 Å². The Morgan fingerprint density at radius 2 is 1.80 bits per heavy atom. The summed E-state index contributed by atoms with van der Waals surface area (Å²) in [6.07, 6.45) is 0.380. The molecule has 56 valence electrons. The summed E-state index contributed by atoms with van der Waals surface area (Å²) in [5.41, 5.74) is 0. The van der Waals surface area contributed by atoms with E-state index >= 15 is 0 Å². The number of rotatable bonds is 3. The van der Waals surface area contributed by atoms with Crippen LogP contribution in [0.4, 0.5) is 0 Å². The van der Waals surface area contributed by atoms with Crippen LogP contribution in [-0.4, -0.2) is 17.6 Å². The Morgan fingerprint density at radius 1 is 1.40 bits per heavy atom. The van der Waals surface area contributed by atoms with Crippen LogP contribution in [0.3, 0.4) is 0 Å². The van der Waals surface area contributed by atoms with E-state index in [-0.39, 0.29) is 0 Å². The molecule has 1 unspecified atom stereocenters. The predicted molar refractivity (Wildman–Crippen MR) is 44.6 cm³/mol. The van der Waals surface area contributed by atoms with Crippen molar-refractivity contribution >= 4 is 11.5 Å². The van der Waals surface area contributed by atoms with E-state index in [1.807, 2.05) is 0 Å². The second-order valence-corrected chi connectivity index (χ2v) is 9.95. The van der Waals surface area contributed by atoms with Crippen LogP contribution in [-0.2, 0) is 28.7 Å². The molecule has 0 saturated carbocycles. The van der Waals surface area contributed by atoms with E-state index in [4.69, 9.17) is 4.43 Å². The van der Waals surface area contributed by atoms with Crippen molar-refractivity contribution < 1.29 is 28.7 Å². The maximum absolute atomic E-state index is 5.82. The van der Waals surface area contributed by atoms with Gasteiger partial charge in [-0.15, -0.1) is 0 Å². The molecule has 10 heavy (non-hydrogen) atoms. The van der Waals surface area contributed by atoms with Crippen molar-refractivity contribution in [3.05, 3.63) is 0 Å². The second-order valence-electron chi connectivity index (χ2n) is 3.56. The number of hydrogen-bond acceptors (Lipinski definition) is 1. The van der Waals surface area contributed by atoms with E-state index in [0.717, 1.165) is 0 Å². The first-order valence-electron chi connectivity index (χ1n) is 3.56. The zero-order valence-corrected chi connectivity index (χ0v) is 10.9. The molecule has 0 heterocycles. The molecular formula is C7H16OSiZr+2. The molecule has 1 atom stereocenters. The summed E-state index contributed by atoms with van der Waals surface area (Å²) in [6.45, 7) is 11.0. The predicted octanol–water partition coefficient (Wildman–Crippen LogP) is 1.97. The monoisotopic (exact) mass is 234 g/mol. The molecule has 0 bridgehead atoms. The summed E-state index contributed by atoms with van der Waals surface area (Å²) in [5.74, 6) is 0. The standard InChI is InChI=1S/C7H16OSi.Zr/c1-6-7(2)8-9(3,4)5;/h7H,1-5H3;/q;+2. The van der Waals surface area contributed by atoms with Crippen LogP contribution in [0, 0.1) is 0 Å². The van der Waals surface area contributed by atoms with Crippen molar-refractivity contribution in [3.8, 4) is 0 Å². The summed E-state index contributed by atoms with van der Waals surface area (Å²) >= 11 is 1.50. The third-order valence-corrected chi connectivity index (χ3v) is 3.20. The molecule has 0 rings (SSSR count). The average Bonchev–Trinajstić information content (AvgIpc) is 1.60. The van der Waals surface area contributed by atoms with Crippen LogP contribution in [0.25, 0.3) is 0 Å². The molecule has 0 saturated heterocycles. The van der Waals surface area contributed by atoms with Gasteiger partial charge in [-0.3, -0.25) is 0 Å². The Hall–Kier alpha value is 0.930. The van der Waals surface area contributed by atoms with Crippen molar-refractivity contribution in [2.75, 3.05) is 0 Å². The topological polar surface area (TPSA) is 9.23 Å². The first-order valence-corrected chi connectivity index (χ1v) is 8.19. The normalized spacial score (nSPS) is 15.1. The van der Waals surface area contributed by atoms with Gasteiger partial charge in [0.05, 0.1) is 0 Å². The third-order valence-electron chi connectivity index (χ3n) is 1.14. The van der Waals surface area contributed by atoms with E-state index in [1.165, 1.54) is 27.4 Å². The summed E-state index contributed by atoms with van der Waals surface area (Å²) < 4.78 is 7.28. The molecular weight excluding hydrogens is 219 g/mol. The van der Waals surface area contributed by atoms with Gasteiger partial charge in [-0.25, -0.2) is 0 Å². The van der Waals surface area contributed by atoms with E-state index in [1.54, 1.807) is 0 Å². The van der Waals surface area contributed by atoms with Crippen LogP contribution in [0.1, 0.15) is 13.8 Å². The Balaban J connectivity index is 3.80. The Bertz CT molecular complexity index is 128. The fourth-order valence-corrected chi connectivity index (χ4v) is 2.29. The molecule has 0 radical (unpaired) electrons. The molecule has 0 aliphatic heterocycles. The number of hydrogen-bond donors (Lipinski definition) is 0. The molecule has 0 aromatic rings. The summed E-state index contributed by atoms with van der Waals surface area (Å²) in [4.78, 5) is 0. The first-order chi connectivity index (χ1) is 4.33. The summed E-state index contributed by atoms with van der Waals surface area (Å²) in [5, 5.41) is 0. The molecule has 3 heteroatoms.